The molecule has 10 heteroatoms. The van der Waals surface area contributed by atoms with E-state index in [9.17, 15) is 22.4 Å². The molecule has 0 fully saturated rings. The van der Waals surface area contributed by atoms with E-state index in [2.05, 4.69) is 5.32 Å². The normalized spacial score (nSPS) is 15.8. The van der Waals surface area contributed by atoms with Gasteiger partial charge in [0.05, 0.1) is 26.0 Å². The second-order valence-corrected chi connectivity index (χ2v) is 8.39. The van der Waals surface area contributed by atoms with Gasteiger partial charge in [-0.25, -0.2) is 4.39 Å². The summed E-state index contributed by atoms with van der Waals surface area (Å²) in [5.41, 5.74) is 0.854. The van der Waals surface area contributed by atoms with Crippen molar-refractivity contribution in [3.05, 3.63) is 63.3 Å². The molecule has 1 amide bonds. The number of nitrogens with zero attached hydrogens (tertiary/aromatic N) is 1. The number of aryl methyl sites for hydroxylation is 1. The summed E-state index contributed by atoms with van der Waals surface area (Å²) in [5.74, 6) is -1.07. The first kappa shape index (κ1) is 21.0. The predicted molar refractivity (Wildman–Crippen MR) is 103 cm³/mol. The minimum absolute atomic E-state index is 0.0108. The van der Waals surface area contributed by atoms with Gasteiger partial charge in [-0.2, -0.15) is 8.42 Å². The number of halogens is 1. The SMILES string of the molecule is COc1c(C(=O)NCc2ccc(F)cc2)n2c(cc1=O)CCC2COS(C)(=O)=O. The first-order valence-corrected chi connectivity index (χ1v) is 10.7. The highest BCUT2D eigenvalue weighted by molar-refractivity contribution is 7.85. The topological polar surface area (TPSA) is 104 Å². The zero-order chi connectivity index (χ0) is 21.2. The van der Waals surface area contributed by atoms with Crippen molar-refractivity contribution in [2.24, 2.45) is 0 Å². The lowest BCUT2D eigenvalue weighted by Gasteiger charge is -2.21. The van der Waals surface area contributed by atoms with Crippen molar-refractivity contribution in [1.82, 2.24) is 9.88 Å². The van der Waals surface area contributed by atoms with Crippen molar-refractivity contribution in [3.8, 4) is 5.75 Å². The first-order valence-electron chi connectivity index (χ1n) is 8.89. The molecule has 0 bridgehead atoms. The van der Waals surface area contributed by atoms with Crippen molar-refractivity contribution < 1.29 is 26.5 Å². The van der Waals surface area contributed by atoms with E-state index in [1.807, 2.05) is 0 Å². The molecule has 1 aliphatic rings. The quantitative estimate of drug-likeness (QED) is 0.674. The van der Waals surface area contributed by atoms with Gasteiger partial charge in [-0.15, -0.1) is 0 Å². The Labute approximate surface area is 167 Å². The van der Waals surface area contributed by atoms with Gasteiger partial charge in [0.15, 0.2) is 11.4 Å². The molecular formula is C19H21FN2O6S. The number of carbonyl (C=O) groups excluding carboxylic acids is 1. The number of methoxy groups -OCH3 is 1. The van der Waals surface area contributed by atoms with Crippen molar-refractivity contribution in [1.29, 1.82) is 0 Å². The number of hydrogen-bond acceptors (Lipinski definition) is 6. The smallest absolute Gasteiger partial charge is 0.272 e. The number of hydrogen-bond donors (Lipinski definition) is 1. The summed E-state index contributed by atoms with van der Waals surface area (Å²) in [7, 11) is -2.37. The fraction of sp³-hybridized carbons (Fsp3) is 0.368. The summed E-state index contributed by atoms with van der Waals surface area (Å²) < 4.78 is 47.5. The van der Waals surface area contributed by atoms with E-state index in [0.29, 0.717) is 24.1 Å². The van der Waals surface area contributed by atoms with Crippen LogP contribution in [0.4, 0.5) is 4.39 Å². The molecule has 1 atom stereocenters. The number of carbonyl (C=O) groups is 1. The van der Waals surface area contributed by atoms with Crippen molar-refractivity contribution in [2.45, 2.75) is 25.4 Å². The van der Waals surface area contributed by atoms with Gasteiger partial charge >= 0.3 is 0 Å². The van der Waals surface area contributed by atoms with Gasteiger partial charge in [0, 0.05) is 18.3 Å². The van der Waals surface area contributed by atoms with Crippen LogP contribution in [-0.4, -0.2) is 38.9 Å². The Kier molecular flexibility index (Phi) is 6.04. The molecular weight excluding hydrogens is 403 g/mol. The van der Waals surface area contributed by atoms with Gasteiger partial charge < -0.3 is 14.6 Å². The average Bonchev–Trinajstić information content (AvgIpc) is 3.06. The van der Waals surface area contributed by atoms with E-state index in [1.165, 1.54) is 37.4 Å². The molecule has 1 aromatic carbocycles. The highest BCUT2D eigenvalue weighted by atomic mass is 32.2. The largest absolute Gasteiger partial charge is 0.491 e. The van der Waals surface area contributed by atoms with Gasteiger partial charge in [-0.05, 0) is 30.5 Å². The molecule has 0 aliphatic carbocycles. The Balaban J connectivity index is 1.92. The Morgan fingerprint density at radius 3 is 2.62 bits per heavy atom. The number of amides is 1. The lowest BCUT2D eigenvalue weighted by atomic mass is 10.2. The predicted octanol–water partition coefficient (Wildman–Crippen LogP) is 1.39. The van der Waals surface area contributed by atoms with Gasteiger partial charge in [0.2, 0.25) is 5.43 Å². The highest BCUT2D eigenvalue weighted by Crippen LogP contribution is 2.31. The van der Waals surface area contributed by atoms with E-state index >= 15 is 0 Å². The Morgan fingerprint density at radius 2 is 2.00 bits per heavy atom. The molecule has 29 heavy (non-hydrogen) atoms. The van der Waals surface area contributed by atoms with E-state index in [1.54, 1.807) is 4.57 Å². The summed E-state index contributed by atoms with van der Waals surface area (Å²) in [5, 5.41) is 2.70. The maximum absolute atomic E-state index is 13.0. The summed E-state index contributed by atoms with van der Waals surface area (Å²) in [6.07, 6.45) is 1.96. The van der Waals surface area contributed by atoms with E-state index in [0.717, 1.165) is 6.26 Å². The molecule has 1 aliphatic heterocycles. The van der Waals surface area contributed by atoms with Crippen LogP contribution in [0, 0.1) is 5.82 Å². The van der Waals surface area contributed by atoms with E-state index in [-0.39, 0.29) is 30.4 Å². The molecule has 2 aromatic rings. The zero-order valence-corrected chi connectivity index (χ0v) is 16.8. The third kappa shape index (κ3) is 4.83. The van der Waals surface area contributed by atoms with Crippen molar-refractivity contribution >= 4 is 16.0 Å². The van der Waals surface area contributed by atoms with E-state index < -0.39 is 27.5 Å². The minimum atomic E-state index is -3.66. The highest BCUT2D eigenvalue weighted by Gasteiger charge is 2.31. The fourth-order valence-electron chi connectivity index (χ4n) is 3.35. The Hall–Kier alpha value is -2.72. The van der Waals surface area contributed by atoms with Crippen molar-refractivity contribution in [3.63, 3.8) is 0 Å². The van der Waals surface area contributed by atoms with Crippen LogP contribution in [0.3, 0.4) is 0 Å². The zero-order valence-electron chi connectivity index (χ0n) is 16.0. The number of fused-ring (bicyclic) bond motifs is 1. The van der Waals surface area contributed by atoms with E-state index in [4.69, 9.17) is 8.92 Å². The fourth-order valence-corrected chi connectivity index (χ4v) is 3.75. The van der Waals surface area contributed by atoms with Crippen LogP contribution in [-0.2, 0) is 27.3 Å². The van der Waals surface area contributed by atoms with Crippen LogP contribution in [0.2, 0.25) is 0 Å². The van der Waals surface area contributed by atoms with Gasteiger partial charge in [0.25, 0.3) is 16.0 Å². The maximum atomic E-state index is 13.0. The third-order valence-corrected chi connectivity index (χ3v) is 5.21. The molecule has 0 saturated carbocycles. The number of ether oxygens (including phenoxy) is 1. The summed E-state index contributed by atoms with van der Waals surface area (Å²) >= 11 is 0. The number of benzene rings is 1. The molecule has 1 unspecified atom stereocenters. The van der Waals surface area contributed by atoms with Crippen LogP contribution in [0.5, 0.6) is 5.75 Å². The monoisotopic (exact) mass is 424 g/mol. The lowest BCUT2D eigenvalue weighted by Crippen LogP contribution is -2.31. The van der Waals surface area contributed by atoms with Crippen LogP contribution in [0.1, 0.15) is 34.2 Å². The molecule has 156 valence electrons. The number of pyridine rings is 1. The van der Waals surface area contributed by atoms with Crippen molar-refractivity contribution in [2.75, 3.05) is 20.0 Å². The summed E-state index contributed by atoms with van der Waals surface area (Å²) in [6, 6.07) is 6.59. The number of nitrogens with one attached hydrogen (secondary N) is 1. The van der Waals surface area contributed by atoms with Gasteiger partial charge in [-0.1, -0.05) is 12.1 Å². The Morgan fingerprint density at radius 1 is 1.31 bits per heavy atom. The second-order valence-electron chi connectivity index (χ2n) is 6.74. The summed E-state index contributed by atoms with van der Waals surface area (Å²) in [4.78, 5) is 25.3. The van der Waals surface area contributed by atoms with Gasteiger partial charge in [0.1, 0.15) is 5.82 Å². The van der Waals surface area contributed by atoms with Crippen LogP contribution < -0.4 is 15.5 Å². The summed E-state index contributed by atoms with van der Waals surface area (Å²) in [6.45, 7) is -0.0404. The lowest BCUT2D eigenvalue weighted by molar-refractivity contribution is 0.0933. The molecule has 0 spiro atoms. The third-order valence-electron chi connectivity index (χ3n) is 4.65. The molecule has 0 saturated heterocycles. The second kappa shape index (κ2) is 8.34. The average molecular weight is 424 g/mol. The van der Waals surface area contributed by atoms with Crippen LogP contribution in [0.25, 0.3) is 0 Å². The van der Waals surface area contributed by atoms with Crippen LogP contribution in [0.15, 0.2) is 35.1 Å². The molecule has 8 nitrogen and oxygen atoms in total. The molecule has 0 radical (unpaired) electrons. The van der Waals surface area contributed by atoms with Crippen LogP contribution >= 0.6 is 0 Å². The van der Waals surface area contributed by atoms with Gasteiger partial charge in [-0.3, -0.25) is 13.8 Å². The molecule has 1 N–H and O–H groups in total. The Bertz CT molecular complexity index is 1080. The molecule has 3 rings (SSSR count). The maximum Gasteiger partial charge on any atom is 0.272 e. The number of rotatable bonds is 7. The first-order chi connectivity index (χ1) is 13.7. The molecule has 2 heterocycles. The minimum Gasteiger partial charge on any atom is -0.491 e. The molecule has 1 aromatic heterocycles. The standard InChI is InChI=1S/C19H21FN2O6S/c1-27-18-16(23)9-14-7-8-15(11-28-29(2,25)26)22(14)17(18)19(24)21-10-12-3-5-13(20)6-4-12/h3-6,9,15H,7-8,10-11H2,1-2H3,(H,21,24). The number of aromatic nitrogens is 1.